The molecule has 0 spiro atoms. The van der Waals surface area contributed by atoms with E-state index < -0.39 is 19.3 Å². The van der Waals surface area contributed by atoms with E-state index in [2.05, 4.69) is 6.58 Å². The Labute approximate surface area is 71.7 Å². The van der Waals surface area contributed by atoms with Crippen LogP contribution in [0.3, 0.4) is 0 Å². The molecule has 0 saturated carbocycles. The van der Waals surface area contributed by atoms with Gasteiger partial charge in [0.1, 0.15) is 0 Å². The summed E-state index contributed by atoms with van der Waals surface area (Å²) in [5.74, 6) is 0. The number of hydrogen-bond donors (Lipinski definition) is 1. The Hall–Kier alpha value is 0.0138. The lowest BCUT2D eigenvalue weighted by Crippen LogP contribution is -2.21. The van der Waals surface area contributed by atoms with E-state index in [0.717, 1.165) is 0 Å². The van der Waals surface area contributed by atoms with Crippen molar-refractivity contribution in [3.8, 4) is 0 Å². The third-order valence-corrected chi connectivity index (χ3v) is 2.12. The molecule has 0 amide bonds. The SMILES string of the molecule is C=C[SiH2]O.CO[SiH](OC)OC. The van der Waals surface area contributed by atoms with Gasteiger partial charge in [-0.25, -0.2) is 0 Å². The summed E-state index contributed by atoms with van der Waals surface area (Å²) in [6.45, 7) is 3.29. The lowest BCUT2D eigenvalue weighted by molar-refractivity contribution is 0.163. The molecule has 0 fully saturated rings. The molecule has 0 heterocycles. The van der Waals surface area contributed by atoms with Gasteiger partial charge in [0.05, 0.1) is 0 Å². The van der Waals surface area contributed by atoms with Gasteiger partial charge in [0.25, 0.3) is 0 Å². The molecule has 0 atom stereocenters. The van der Waals surface area contributed by atoms with Crippen LogP contribution in [-0.4, -0.2) is 45.4 Å². The third-order valence-electron chi connectivity index (χ3n) is 0.706. The maximum absolute atomic E-state index is 7.90. The standard InChI is InChI=1S/C3H10O3Si.C2H6OSi/c1-4-7(5-2)6-3;1-2-4-3/h7H,1-3H3;2-3H,1,4H2. The molecule has 0 rings (SSSR count). The summed E-state index contributed by atoms with van der Waals surface area (Å²) < 4.78 is 14.2. The van der Waals surface area contributed by atoms with Crippen LogP contribution in [0.15, 0.2) is 12.3 Å². The minimum Gasteiger partial charge on any atom is -0.434 e. The van der Waals surface area contributed by atoms with Crippen LogP contribution in [0.5, 0.6) is 0 Å². The van der Waals surface area contributed by atoms with Gasteiger partial charge in [-0.15, -0.1) is 6.58 Å². The molecule has 0 aliphatic heterocycles. The first-order valence-electron chi connectivity index (χ1n) is 3.06. The van der Waals surface area contributed by atoms with Gasteiger partial charge < -0.3 is 18.1 Å². The average molecular weight is 196 g/mol. The Morgan fingerprint density at radius 3 is 1.55 bits per heavy atom. The Bertz CT molecular complexity index is 71.4. The molecule has 0 unspecified atom stereocenters. The van der Waals surface area contributed by atoms with Crippen molar-refractivity contribution >= 4 is 19.3 Å². The van der Waals surface area contributed by atoms with Crippen LogP contribution in [0.4, 0.5) is 0 Å². The summed E-state index contributed by atoms with van der Waals surface area (Å²) in [5.41, 5.74) is 1.57. The highest BCUT2D eigenvalue weighted by Gasteiger charge is 2.04. The van der Waals surface area contributed by atoms with E-state index in [9.17, 15) is 0 Å². The van der Waals surface area contributed by atoms with E-state index in [1.165, 1.54) is 0 Å². The van der Waals surface area contributed by atoms with Crippen LogP contribution in [0.25, 0.3) is 0 Å². The lowest BCUT2D eigenvalue weighted by atomic mass is 11.3. The van der Waals surface area contributed by atoms with E-state index in [-0.39, 0.29) is 0 Å². The largest absolute Gasteiger partial charge is 0.483 e. The molecule has 0 radical (unpaired) electrons. The molecule has 0 bridgehead atoms. The van der Waals surface area contributed by atoms with Crippen molar-refractivity contribution in [3.05, 3.63) is 12.3 Å². The Morgan fingerprint density at radius 1 is 1.27 bits per heavy atom. The van der Waals surface area contributed by atoms with Crippen molar-refractivity contribution in [1.29, 1.82) is 0 Å². The summed E-state index contributed by atoms with van der Waals surface area (Å²) in [5, 5.41) is 0. The molecule has 0 saturated heterocycles. The zero-order valence-electron chi connectivity index (χ0n) is 7.24. The van der Waals surface area contributed by atoms with Gasteiger partial charge in [-0.1, -0.05) is 5.70 Å². The van der Waals surface area contributed by atoms with Gasteiger partial charge in [0.2, 0.25) is 0 Å². The van der Waals surface area contributed by atoms with Crippen molar-refractivity contribution in [2.24, 2.45) is 0 Å². The molecule has 0 aliphatic rings. The van der Waals surface area contributed by atoms with Crippen molar-refractivity contribution < 1.29 is 18.1 Å². The van der Waals surface area contributed by atoms with E-state index in [4.69, 9.17) is 18.1 Å². The molecular formula is C5H16O4Si2. The third kappa shape index (κ3) is 13.1. The smallest absolute Gasteiger partial charge is 0.434 e. The Kier molecular flexibility index (Phi) is 15.7. The fourth-order valence-electron chi connectivity index (χ4n) is 0.289. The molecule has 0 aromatic rings. The molecule has 68 valence electrons. The van der Waals surface area contributed by atoms with Crippen LogP contribution in [-0.2, 0) is 13.3 Å². The second-order valence-electron chi connectivity index (χ2n) is 1.47. The highest BCUT2D eigenvalue weighted by molar-refractivity contribution is 6.36. The van der Waals surface area contributed by atoms with Gasteiger partial charge in [-0.05, 0) is 0 Å². The summed E-state index contributed by atoms with van der Waals surface area (Å²) >= 11 is 0. The zero-order valence-corrected chi connectivity index (χ0v) is 9.81. The van der Waals surface area contributed by atoms with E-state index in [0.29, 0.717) is 0 Å². The molecular weight excluding hydrogens is 180 g/mol. The van der Waals surface area contributed by atoms with Gasteiger partial charge in [-0.3, -0.25) is 0 Å². The van der Waals surface area contributed by atoms with Gasteiger partial charge in [0, 0.05) is 21.3 Å². The van der Waals surface area contributed by atoms with Gasteiger partial charge in [-0.2, -0.15) is 0 Å². The minimum atomic E-state index is -1.67. The predicted octanol–water partition coefficient (Wildman–Crippen LogP) is -1.15. The molecule has 0 aliphatic carbocycles. The van der Waals surface area contributed by atoms with Gasteiger partial charge >= 0.3 is 9.53 Å². The van der Waals surface area contributed by atoms with Crippen molar-refractivity contribution in [2.75, 3.05) is 21.3 Å². The minimum absolute atomic E-state index is 0.812. The average Bonchev–Trinajstić information content (AvgIpc) is 2.08. The van der Waals surface area contributed by atoms with Crippen LogP contribution in [0.1, 0.15) is 0 Å². The van der Waals surface area contributed by atoms with Gasteiger partial charge in [0.15, 0.2) is 9.76 Å². The van der Waals surface area contributed by atoms with E-state index in [1.54, 1.807) is 27.0 Å². The van der Waals surface area contributed by atoms with Crippen LogP contribution in [0.2, 0.25) is 0 Å². The normalized spacial score (nSPS) is 9.91. The molecule has 11 heavy (non-hydrogen) atoms. The van der Waals surface area contributed by atoms with Crippen LogP contribution in [0, 0.1) is 0 Å². The maximum Gasteiger partial charge on any atom is 0.483 e. The second kappa shape index (κ2) is 12.7. The highest BCUT2D eigenvalue weighted by Crippen LogP contribution is 1.81. The van der Waals surface area contributed by atoms with Crippen LogP contribution >= 0.6 is 0 Å². The number of rotatable bonds is 4. The molecule has 6 heteroatoms. The Morgan fingerprint density at radius 2 is 1.55 bits per heavy atom. The number of hydrogen-bond acceptors (Lipinski definition) is 4. The zero-order chi connectivity index (χ0) is 9.11. The summed E-state index contributed by atoms with van der Waals surface area (Å²) in [6, 6.07) is 0. The Balaban J connectivity index is 0. The highest BCUT2D eigenvalue weighted by atomic mass is 28.3. The van der Waals surface area contributed by atoms with E-state index in [1.807, 2.05) is 0 Å². The summed E-state index contributed by atoms with van der Waals surface area (Å²) in [6.07, 6.45) is 0. The molecule has 4 nitrogen and oxygen atoms in total. The topological polar surface area (TPSA) is 47.9 Å². The fraction of sp³-hybridized carbons (Fsp3) is 0.600. The first-order chi connectivity index (χ1) is 5.26. The summed E-state index contributed by atoms with van der Waals surface area (Å²) in [4.78, 5) is 7.90. The molecule has 1 N–H and O–H groups in total. The van der Waals surface area contributed by atoms with Crippen molar-refractivity contribution in [3.63, 3.8) is 0 Å². The molecule has 0 aromatic carbocycles. The predicted molar refractivity (Wildman–Crippen MR) is 49.1 cm³/mol. The quantitative estimate of drug-likeness (QED) is 0.577. The monoisotopic (exact) mass is 196 g/mol. The maximum atomic E-state index is 7.90. The first-order valence-corrected chi connectivity index (χ1v) is 5.93. The van der Waals surface area contributed by atoms with E-state index >= 15 is 0 Å². The first kappa shape index (κ1) is 13.6. The summed E-state index contributed by atoms with van der Waals surface area (Å²) in [7, 11) is 2.24. The lowest BCUT2D eigenvalue weighted by Gasteiger charge is -2.05. The fourth-order valence-corrected chi connectivity index (χ4v) is 0.866. The van der Waals surface area contributed by atoms with Crippen LogP contribution < -0.4 is 0 Å². The second-order valence-corrected chi connectivity index (χ2v) is 4.40. The van der Waals surface area contributed by atoms with Crippen molar-refractivity contribution in [2.45, 2.75) is 0 Å². The van der Waals surface area contributed by atoms with Crippen molar-refractivity contribution in [1.82, 2.24) is 0 Å². The molecule has 0 aromatic heterocycles.